The minimum Gasteiger partial charge on any atom is -0.497 e. The standard InChI is InChI=1S/C15H18N2O6S/c1-16-24(19,20)14-7-6-13(23-14)15(18)17-8-9-22-12-5-3-4-11(10-12)21-2/h3-7,10,16H,8-9H2,1-2H3,(H,17,18). The highest BCUT2D eigenvalue weighted by atomic mass is 32.2. The summed E-state index contributed by atoms with van der Waals surface area (Å²) >= 11 is 0. The van der Waals surface area contributed by atoms with E-state index in [0.29, 0.717) is 11.5 Å². The molecule has 0 saturated heterocycles. The van der Waals surface area contributed by atoms with Gasteiger partial charge in [0.25, 0.3) is 15.9 Å². The van der Waals surface area contributed by atoms with Crippen LogP contribution in [0.4, 0.5) is 0 Å². The van der Waals surface area contributed by atoms with Crippen molar-refractivity contribution in [3.05, 3.63) is 42.2 Å². The van der Waals surface area contributed by atoms with Gasteiger partial charge >= 0.3 is 0 Å². The molecule has 0 aliphatic heterocycles. The number of carbonyl (C=O) groups is 1. The lowest BCUT2D eigenvalue weighted by Gasteiger charge is -2.08. The lowest BCUT2D eigenvalue weighted by Crippen LogP contribution is -2.27. The maximum Gasteiger partial charge on any atom is 0.287 e. The van der Waals surface area contributed by atoms with Crippen LogP contribution in [0.3, 0.4) is 0 Å². The van der Waals surface area contributed by atoms with Crippen LogP contribution in [-0.4, -0.2) is 41.6 Å². The van der Waals surface area contributed by atoms with Gasteiger partial charge in [-0.1, -0.05) is 6.07 Å². The van der Waals surface area contributed by atoms with Gasteiger partial charge in [-0.05, 0) is 31.3 Å². The highest BCUT2D eigenvalue weighted by Gasteiger charge is 2.19. The van der Waals surface area contributed by atoms with Crippen molar-refractivity contribution >= 4 is 15.9 Å². The molecule has 0 aliphatic carbocycles. The Bertz CT molecular complexity index is 800. The number of amides is 1. The van der Waals surface area contributed by atoms with Crippen LogP contribution in [-0.2, 0) is 10.0 Å². The zero-order valence-electron chi connectivity index (χ0n) is 13.2. The monoisotopic (exact) mass is 354 g/mol. The van der Waals surface area contributed by atoms with E-state index in [2.05, 4.69) is 10.0 Å². The van der Waals surface area contributed by atoms with Crippen molar-refractivity contribution in [2.45, 2.75) is 5.09 Å². The van der Waals surface area contributed by atoms with E-state index in [1.165, 1.54) is 19.2 Å². The van der Waals surface area contributed by atoms with Crippen molar-refractivity contribution in [2.75, 3.05) is 27.3 Å². The van der Waals surface area contributed by atoms with Crippen LogP contribution >= 0.6 is 0 Å². The third-order valence-electron chi connectivity index (χ3n) is 3.04. The predicted molar refractivity (Wildman–Crippen MR) is 85.8 cm³/mol. The van der Waals surface area contributed by atoms with Gasteiger partial charge < -0.3 is 19.2 Å². The first-order valence-corrected chi connectivity index (χ1v) is 8.53. The first-order valence-electron chi connectivity index (χ1n) is 7.04. The van der Waals surface area contributed by atoms with Gasteiger partial charge in [0, 0.05) is 6.07 Å². The van der Waals surface area contributed by atoms with Crippen LogP contribution in [0.25, 0.3) is 0 Å². The number of benzene rings is 1. The molecule has 8 nitrogen and oxygen atoms in total. The first kappa shape index (κ1) is 17.8. The third kappa shape index (κ3) is 4.49. The van der Waals surface area contributed by atoms with E-state index in [1.807, 2.05) is 0 Å². The molecule has 0 spiro atoms. The number of rotatable bonds is 8. The fraction of sp³-hybridized carbons (Fsp3) is 0.267. The van der Waals surface area contributed by atoms with E-state index in [1.54, 1.807) is 31.4 Å². The van der Waals surface area contributed by atoms with E-state index >= 15 is 0 Å². The van der Waals surface area contributed by atoms with Crippen LogP contribution in [0.5, 0.6) is 11.5 Å². The minimum atomic E-state index is -3.71. The van der Waals surface area contributed by atoms with Crippen LogP contribution in [0.15, 0.2) is 45.9 Å². The van der Waals surface area contributed by atoms with Crippen molar-refractivity contribution in [1.82, 2.24) is 10.0 Å². The fourth-order valence-electron chi connectivity index (χ4n) is 1.80. The molecule has 130 valence electrons. The molecule has 0 saturated carbocycles. The highest BCUT2D eigenvalue weighted by molar-refractivity contribution is 7.89. The number of methoxy groups -OCH3 is 1. The predicted octanol–water partition coefficient (Wildman–Crippen LogP) is 1.01. The van der Waals surface area contributed by atoms with Gasteiger partial charge in [0.1, 0.15) is 18.1 Å². The molecule has 24 heavy (non-hydrogen) atoms. The molecule has 2 rings (SSSR count). The Kier molecular flexibility index (Phi) is 5.83. The highest BCUT2D eigenvalue weighted by Crippen LogP contribution is 2.18. The fourth-order valence-corrected chi connectivity index (χ4v) is 2.45. The average molecular weight is 354 g/mol. The molecule has 9 heteroatoms. The Morgan fingerprint density at radius 3 is 2.67 bits per heavy atom. The maximum atomic E-state index is 11.9. The van der Waals surface area contributed by atoms with Gasteiger partial charge in [0.15, 0.2) is 5.76 Å². The second kappa shape index (κ2) is 7.84. The summed E-state index contributed by atoms with van der Waals surface area (Å²) in [7, 11) is -0.894. The lowest BCUT2D eigenvalue weighted by molar-refractivity contribution is 0.0914. The van der Waals surface area contributed by atoms with Gasteiger partial charge in [-0.2, -0.15) is 0 Å². The molecule has 2 aromatic rings. The van der Waals surface area contributed by atoms with Crippen molar-refractivity contribution in [2.24, 2.45) is 0 Å². The summed E-state index contributed by atoms with van der Waals surface area (Å²) in [5.41, 5.74) is 0. The Hall–Kier alpha value is -2.52. The summed E-state index contributed by atoms with van der Waals surface area (Å²) in [6, 6.07) is 9.59. The summed E-state index contributed by atoms with van der Waals surface area (Å²) in [4.78, 5) is 11.9. The van der Waals surface area contributed by atoms with Gasteiger partial charge in [0.05, 0.1) is 13.7 Å². The maximum absolute atomic E-state index is 11.9. The van der Waals surface area contributed by atoms with E-state index in [0.717, 1.165) is 0 Å². The minimum absolute atomic E-state index is 0.0924. The third-order valence-corrected chi connectivity index (χ3v) is 4.32. The van der Waals surface area contributed by atoms with Crippen molar-refractivity contribution in [3.8, 4) is 11.5 Å². The van der Waals surface area contributed by atoms with Gasteiger partial charge in [-0.15, -0.1) is 0 Å². The Balaban J connectivity index is 1.83. The summed E-state index contributed by atoms with van der Waals surface area (Å²) in [5.74, 6) is 0.668. The summed E-state index contributed by atoms with van der Waals surface area (Å²) in [6.07, 6.45) is 0. The second-order valence-corrected chi connectivity index (χ2v) is 6.43. The molecular formula is C15H18N2O6S. The quantitative estimate of drug-likeness (QED) is 0.685. The van der Waals surface area contributed by atoms with Gasteiger partial charge in [-0.25, -0.2) is 13.1 Å². The zero-order chi connectivity index (χ0) is 17.6. The first-order chi connectivity index (χ1) is 11.5. The molecule has 0 unspecified atom stereocenters. The van der Waals surface area contributed by atoms with E-state index in [9.17, 15) is 13.2 Å². The number of hydrogen-bond donors (Lipinski definition) is 2. The average Bonchev–Trinajstić information content (AvgIpc) is 3.10. The topological polar surface area (TPSA) is 107 Å². The number of carbonyl (C=O) groups excluding carboxylic acids is 1. The summed E-state index contributed by atoms with van der Waals surface area (Å²) < 4.78 is 40.8. The molecule has 1 amide bonds. The summed E-state index contributed by atoms with van der Waals surface area (Å²) in [5, 5.41) is 2.26. The molecule has 0 atom stereocenters. The molecule has 1 aromatic carbocycles. The van der Waals surface area contributed by atoms with Crippen molar-refractivity contribution < 1.29 is 27.1 Å². The molecule has 1 aromatic heterocycles. The second-order valence-electron chi connectivity index (χ2n) is 4.61. The number of nitrogens with one attached hydrogen (secondary N) is 2. The molecule has 0 radical (unpaired) electrons. The number of sulfonamides is 1. The smallest absolute Gasteiger partial charge is 0.287 e. The number of ether oxygens (including phenoxy) is 2. The van der Waals surface area contributed by atoms with E-state index < -0.39 is 15.9 Å². The SMILES string of the molecule is CNS(=O)(=O)c1ccc(C(=O)NCCOc2cccc(OC)c2)o1. The molecule has 0 bridgehead atoms. The Morgan fingerprint density at radius 1 is 1.21 bits per heavy atom. The molecule has 0 fully saturated rings. The molecular weight excluding hydrogens is 336 g/mol. The number of hydrogen-bond acceptors (Lipinski definition) is 6. The van der Waals surface area contributed by atoms with E-state index in [4.69, 9.17) is 13.9 Å². The molecule has 0 aliphatic rings. The zero-order valence-corrected chi connectivity index (χ0v) is 14.1. The largest absolute Gasteiger partial charge is 0.497 e. The van der Waals surface area contributed by atoms with Crippen molar-refractivity contribution in [3.63, 3.8) is 0 Å². The van der Waals surface area contributed by atoms with Crippen LogP contribution < -0.4 is 19.5 Å². The van der Waals surface area contributed by atoms with Crippen molar-refractivity contribution in [1.29, 1.82) is 0 Å². The normalized spacial score (nSPS) is 11.1. The number of furan rings is 1. The van der Waals surface area contributed by atoms with Crippen LogP contribution in [0.1, 0.15) is 10.6 Å². The molecule has 1 heterocycles. The van der Waals surface area contributed by atoms with Crippen LogP contribution in [0, 0.1) is 0 Å². The summed E-state index contributed by atoms with van der Waals surface area (Å²) in [6.45, 7) is 0.464. The van der Waals surface area contributed by atoms with Gasteiger partial charge in [0.2, 0.25) is 5.09 Å². The Morgan fingerprint density at radius 2 is 1.96 bits per heavy atom. The lowest BCUT2D eigenvalue weighted by atomic mass is 10.3. The van der Waals surface area contributed by atoms with Crippen LogP contribution in [0.2, 0.25) is 0 Å². The van der Waals surface area contributed by atoms with E-state index in [-0.39, 0.29) is 24.0 Å². The Labute approximate surface area is 139 Å². The van der Waals surface area contributed by atoms with Gasteiger partial charge in [-0.3, -0.25) is 4.79 Å². The molecule has 2 N–H and O–H groups in total.